The molecule has 1 fully saturated rings. The number of likely N-dealkylation sites (tertiary alicyclic amines) is 1. The van der Waals surface area contributed by atoms with Crippen LogP contribution < -0.4 is 9.64 Å². The first-order valence-corrected chi connectivity index (χ1v) is 10.3. The Morgan fingerprint density at radius 2 is 1.67 bits per heavy atom. The average molecular weight is 402 g/mol. The number of para-hydroxylation sites is 4. The minimum absolute atomic E-state index is 0.0633. The number of aromatic nitrogens is 2. The molecular weight excluding hydrogens is 380 g/mol. The number of hydrogen-bond acceptors (Lipinski definition) is 5. The van der Waals surface area contributed by atoms with Gasteiger partial charge in [0.1, 0.15) is 11.4 Å². The van der Waals surface area contributed by atoms with Crippen LogP contribution in [0.5, 0.6) is 5.75 Å². The first kappa shape index (κ1) is 18.5. The molecule has 7 heteroatoms. The van der Waals surface area contributed by atoms with Crippen LogP contribution >= 0.6 is 0 Å². The summed E-state index contributed by atoms with van der Waals surface area (Å²) in [5, 5.41) is 0. The fourth-order valence-corrected chi connectivity index (χ4v) is 4.07. The molecule has 2 amide bonds. The van der Waals surface area contributed by atoms with E-state index in [0.29, 0.717) is 17.0 Å². The van der Waals surface area contributed by atoms with Crippen molar-refractivity contribution in [3.63, 3.8) is 0 Å². The van der Waals surface area contributed by atoms with Gasteiger partial charge in [-0.2, -0.15) is 0 Å². The standard InChI is InChI=1S/C23H22N4O3/c28-22(18-14-24-16-8-2-3-9-17(16)25-18)27-15-21(23(29)26-12-6-1-7-13-26)30-20-11-5-4-10-19(20)27/h2-5,8-11,14,21H,1,6-7,12-13,15H2/t21-/m1/s1. The summed E-state index contributed by atoms with van der Waals surface area (Å²) in [6.07, 6.45) is 3.91. The van der Waals surface area contributed by atoms with Crippen molar-refractivity contribution < 1.29 is 14.3 Å². The zero-order valence-electron chi connectivity index (χ0n) is 16.5. The molecule has 152 valence electrons. The molecule has 0 spiro atoms. The van der Waals surface area contributed by atoms with Crippen LogP contribution in [0, 0.1) is 0 Å². The number of rotatable bonds is 2. The molecule has 3 aromatic rings. The maximum Gasteiger partial charge on any atom is 0.278 e. The summed E-state index contributed by atoms with van der Waals surface area (Å²) in [6, 6.07) is 14.7. The largest absolute Gasteiger partial charge is 0.476 e. The summed E-state index contributed by atoms with van der Waals surface area (Å²) in [6.45, 7) is 1.63. The van der Waals surface area contributed by atoms with Gasteiger partial charge in [-0.05, 0) is 43.5 Å². The smallest absolute Gasteiger partial charge is 0.278 e. The van der Waals surface area contributed by atoms with Gasteiger partial charge in [-0.1, -0.05) is 24.3 Å². The number of anilines is 1. The fourth-order valence-electron chi connectivity index (χ4n) is 4.07. The van der Waals surface area contributed by atoms with E-state index in [9.17, 15) is 9.59 Å². The number of benzene rings is 2. The SMILES string of the molecule is O=C([C@H]1CN(C(=O)c2cnc3ccccc3n2)c2ccccc2O1)N1CCCCC1. The van der Waals surface area contributed by atoms with Crippen molar-refractivity contribution in [1.82, 2.24) is 14.9 Å². The van der Waals surface area contributed by atoms with E-state index in [4.69, 9.17) is 4.74 Å². The summed E-state index contributed by atoms with van der Waals surface area (Å²) >= 11 is 0. The molecule has 0 saturated carbocycles. The highest BCUT2D eigenvalue weighted by Crippen LogP contribution is 2.34. The van der Waals surface area contributed by atoms with E-state index in [2.05, 4.69) is 9.97 Å². The van der Waals surface area contributed by atoms with E-state index in [-0.39, 0.29) is 24.1 Å². The predicted molar refractivity (Wildman–Crippen MR) is 113 cm³/mol. The van der Waals surface area contributed by atoms with E-state index in [1.54, 1.807) is 11.0 Å². The Morgan fingerprint density at radius 3 is 2.50 bits per heavy atom. The summed E-state index contributed by atoms with van der Waals surface area (Å²) in [5.74, 6) is 0.174. The van der Waals surface area contributed by atoms with Gasteiger partial charge in [0.05, 0.1) is 29.5 Å². The average Bonchev–Trinajstić information content (AvgIpc) is 2.82. The Bertz CT molecular complexity index is 1110. The Morgan fingerprint density at radius 1 is 0.933 bits per heavy atom. The lowest BCUT2D eigenvalue weighted by molar-refractivity contribution is -0.139. The zero-order valence-corrected chi connectivity index (χ0v) is 16.5. The van der Waals surface area contributed by atoms with Crippen LogP contribution in [-0.4, -0.2) is 52.4 Å². The van der Waals surface area contributed by atoms with Crippen molar-refractivity contribution in [2.24, 2.45) is 0 Å². The third-order valence-corrected chi connectivity index (χ3v) is 5.63. The van der Waals surface area contributed by atoms with Gasteiger partial charge in [-0.3, -0.25) is 19.5 Å². The fraction of sp³-hybridized carbons (Fsp3) is 0.304. The van der Waals surface area contributed by atoms with Crippen LogP contribution in [0.25, 0.3) is 11.0 Å². The molecular formula is C23H22N4O3. The van der Waals surface area contributed by atoms with Gasteiger partial charge >= 0.3 is 0 Å². The second-order valence-electron chi connectivity index (χ2n) is 7.62. The molecule has 2 aliphatic rings. The van der Waals surface area contributed by atoms with Crippen LogP contribution in [0.15, 0.2) is 54.7 Å². The molecule has 3 heterocycles. The Labute approximate surface area is 174 Å². The van der Waals surface area contributed by atoms with Crippen molar-refractivity contribution in [2.45, 2.75) is 25.4 Å². The molecule has 0 radical (unpaired) electrons. The second kappa shape index (κ2) is 7.74. The molecule has 1 aromatic heterocycles. The van der Waals surface area contributed by atoms with Crippen LogP contribution in [0.1, 0.15) is 29.8 Å². The highest BCUT2D eigenvalue weighted by Gasteiger charge is 2.37. The second-order valence-corrected chi connectivity index (χ2v) is 7.62. The lowest BCUT2D eigenvalue weighted by Crippen LogP contribution is -2.53. The van der Waals surface area contributed by atoms with Gasteiger partial charge in [0.2, 0.25) is 0 Å². The monoisotopic (exact) mass is 402 g/mol. The number of carbonyl (C=O) groups is 2. The van der Waals surface area contributed by atoms with Gasteiger partial charge < -0.3 is 9.64 Å². The zero-order chi connectivity index (χ0) is 20.5. The molecule has 1 saturated heterocycles. The van der Waals surface area contributed by atoms with Crippen LogP contribution in [-0.2, 0) is 4.79 Å². The molecule has 1 atom stereocenters. The predicted octanol–water partition coefficient (Wildman–Crippen LogP) is 3.05. The topological polar surface area (TPSA) is 75.6 Å². The number of hydrogen-bond donors (Lipinski definition) is 0. The van der Waals surface area contributed by atoms with Crippen molar-refractivity contribution in [3.05, 3.63) is 60.4 Å². The maximum absolute atomic E-state index is 13.4. The van der Waals surface area contributed by atoms with Crippen molar-refractivity contribution in [1.29, 1.82) is 0 Å². The first-order valence-electron chi connectivity index (χ1n) is 10.3. The Balaban J connectivity index is 1.47. The Hall–Kier alpha value is -3.48. The molecule has 2 aromatic carbocycles. The number of piperidine rings is 1. The quantitative estimate of drug-likeness (QED) is 0.659. The highest BCUT2D eigenvalue weighted by molar-refractivity contribution is 6.07. The minimum Gasteiger partial charge on any atom is -0.476 e. The van der Waals surface area contributed by atoms with Crippen LogP contribution in [0.3, 0.4) is 0 Å². The van der Waals surface area contributed by atoms with Gasteiger partial charge in [0, 0.05) is 13.1 Å². The van der Waals surface area contributed by atoms with E-state index in [1.165, 1.54) is 6.20 Å². The third kappa shape index (κ3) is 3.36. The number of amides is 2. The molecule has 0 aliphatic carbocycles. The third-order valence-electron chi connectivity index (χ3n) is 5.63. The Kier molecular flexibility index (Phi) is 4.78. The van der Waals surface area contributed by atoms with Crippen LogP contribution in [0.4, 0.5) is 5.69 Å². The lowest BCUT2D eigenvalue weighted by Gasteiger charge is -2.37. The van der Waals surface area contributed by atoms with Crippen molar-refractivity contribution in [3.8, 4) is 5.75 Å². The molecule has 0 bridgehead atoms. The summed E-state index contributed by atoms with van der Waals surface area (Å²) in [5.41, 5.74) is 2.27. The maximum atomic E-state index is 13.4. The molecule has 0 N–H and O–H groups in total. The van der Waals surface area contributed by atoms with Crippen molar-refractivity contribution in [2.75, 3.05) is 24.5 Å². The van der Waals surface area contributed by atoms with E-state index in [0.717, 1.165) is 37.9 Å². The molecule has 2 aliphatic heterocycles. The minimum atomic E-state index is -0.727. The van der Waals surface area contributed by atoms with E-state index < -0.39 is 6.10 Å². The van der Waals surface area contributed by atoms with Gasteiger partial charge in [0.15, 0.2) is 6.10 Å². The normalized spacial score (nSPS) is 18.6. The molecule has 30 heavy (non-hydrogen) atoms. The number of nitrogens with zero attached hydrogens (tertiary/aromatic N) is 4. The van der Waals surface area contributed by atoms with Crippen LogP contribution in [0.2, 0.25) is 0 Å². The summed E-state index contributed by atoms with van der Waals surface area (Å²) in [7, 11) is 0. The molecule has 0 unspecified atom stereocenters. The van der Waals surface area contributed by atoms with Gasteiger partial charge in [0.25, 0.3) is 11.8 Å². The van der Waals surface area contributed by atoms with Gasteiger partial charge in [-0.15, -0.1) is 0 Å². The first-order chi connectivity index (χ1) is 14.7. The van der Waals surface area contributed by atoms with Gasteiger partial charge in [-0.25, -0.2) is 4.98 Å². The van der Waals surface area contributed by atoms with E-state index >= 15 is 0 Å². The number of fused-ring (bicyclic) bond motifs is 2. The summed E-state index contributed by atoms with van der Waals surface area (Å²) < 4.78 is 6.01. The van der Waals surface area contributed by atoms with Crippen molar-refractivity contribution >= 4 is 28.5 Å². The summed E-state index contributed by atoms with van der Waals surface area (Å²) in [4.78, 5) is 38.8. The number of carbonyl (C=O) groups excluding carboxylic acids is 2. The molecule has 7 nitrogen and oxygen atoms in total. The van der Waals surface area contributed by atoms with E-state index in [1.807, 2.05) is 47.4 Å². The number of ether oxygens (including phenoxy) is 1. The highest BCUT2D eigenvalue weighted by atomic mass is 16.5. The lowest BCUT2D eigenvalue weighted by atomic mass is 10.1. The molecule has 5 rings (SSSR count).